The van der Waals surface area contributed by atoms with Crippen molar-refractivity contribution < 1.29 is 4.74 Å². The summed E-state index contributed by atoms with van der Waals surface area (Å²) in [5.74, 6) is 0.690. The van der Waals surface area contributed by atoms with Crippen LogP contribution in [0.1, 0.15) is 6.92 Å². The highest BCUT2D eigenvalue weighted by atomic mass is 16.5. The van der Waals surface area contributed by atoms with Crippen LogP contribution in [0.2, 0.25) is 0 Å². The molecule has 13 heavy (non-hydrogen) atoms. The van der Waals surface area contributed by atoms with Crippen LogP contribution >= 0.6 is 0 Å². The smallest absolute Gasteiger partial charge is 0.222 e. The molecule has 1 saturated heterocycles. The second-order valence-electron chi connectivity index (χ2n) is 3.73. The van der Waals surface area contributed by atoms with E-state index in [2.05, 4.69) is 22.2 Å². The minimum Gasteiger partial charge on any atom is -0.380 e. The number of anilines is 1. The molecule has 1 aromatic rings. The lowest BCUT2D eigenvalue weighted by atomic mass is 9.89. The minimum atomic E-state index is 0.263. The summed E-state index contributed by atoms with van der Waals surface area (Å²) in [5.41, 5.74) is 0.263. The lowest BCUT2D eigenvalue weighted by Crippen LogP contribution is -2.45. The molecule has 4 nitrogen and oxygen atoms in total. The van der Waals surface area contributed by atoms with Gasteiger partial charge in [0.25, 0.3) is 0 Å². The van der Waals surface area contributed by atoms with Gasteiger partial charge in [-0.3, -0.25) is 0 Å². The zero-order valence-electron chi connectivity index (χ0n) is 7.66. The normalized spacial score (nSPS) is 19.2. The fourth-order valence-corrected chi connectivity index (χ4v) is 1.24. The highest BCUT2D eigenvalue weighted by molar-refractivity contribution is 5.22. The van der Waals surface area contributed by atoms with E-state index in [-0.39, 0.29) is 5.41 Å². The van der Waals surface area contributed by atoms with Crippen molar-refractivity contribution in [2.45, 2.75) is 6.92 Å². The molecule has 70 valence electrons. The van der Waals surface area contributed by atoms with E-state index in [1.165, 1.54) is 0 Å². The third kappa shape index (κ3) is 1.95. The number of aromatic nitrogens is 2. The van der Waals surface area contributed by atoms with Crippen molar-refractivity contribution in [2.75, 3.05) is 25.1 Å². The summed E-state index contributed by atoms with van der Waals surface area (Å²) >= 11 is 0. The molecule has 4 heteroatoms. The van der Waals surface area contributed by atoms with Gasteiger partial charge in [0.05, 0.1) is 13.2 Å². The van der Waals surface area contributed by atoms with Gasteiger partial charge in [-0.15, -0.1) is 0 Å². The molecule has 1 aliphatic heterocycles. The highest BCUT2D eigenvalue weighted by Gasteiger charge is 2.33. The second kappa shape index (κ2) is 3.30. The van der Waals surface area contributed by atoms with Crippen LogP contribution in [0.5, 0.6) is 0 Å². The lowest BCUT2D eigenvalue weighted by Gasteiger charge is -2.37. The zero-order valence-corrected chi connectivity index (χ0v) is 7.66. The first kappa shape index (κ1) is 8.44. The maximum Gasteiger partial charge on any atom is 0.222 e. The van der Waals surface area contributed by atoms with E-state index in [9.17, 15) is 0 Å². The van der Waals surface area contributed by atoms with Crippen LogP contribution in [0.25, 0.3) is 0 Å². The van der Waals surface area contributed by atoms with Crippen molar-refractivity contribution in [1.29, 1.82) is 0 Å². The second-order valence-corrected chi connectivity index (χ2v) is 3.73. The molecule has 0 aromatic carbocycles. The van der Waals surface area contributed by atoms with Gasteiger partial charge in [-0.2, -0.15) is 0 Å². The van der Waals surface area contributed by atoms with Crippen LogP contribution in [-0.4, -0.2) is 29.7 Å². The van der Waals surface area contributed by atoms with E-state index in [0.29, 0.717) is 5.95 Å². The van der Waals surface area contributed by atoms with E-state index < -0.39 is 0 Å². The van der Waals surface area contributed by atoms with Crippen molar-refractivity contribution in [3.63, 3.8) is 0 Å². The first-order valence-electron chi connectivity index (χ1n) is 4.37. The third-order valence-corrected chi connectivity index (χ3v) is 2.14. The van der Waals surface area contributed by atoms with Crippen LogP contribution in [-0.2, 0) is 4.74 Å². The lowest BCUT2D eigenvalue weighted by molar-refractivity contribution is -0.0925. The van der Waals surface area contributed by atoms with Crippen molar-refractivity contribution >= 4 is 5.95 Å². The SMILES string of the molecule is CC1(CNc2ncccn2)COC1. The van der Waals surface area contributed by atoms with E-state index in [1.54, 1.807) is 18.5 Å². The molecule has 0 spiro atoms. The van der Waals surface area contributed by atoms with Gasteiger partial charge in [-0.25, -0.2) is 9.97 Å². The Labute approximate surface area is 77.4 Å². The molecule has 0 atom stereocenters. The predicted octanol–water partition coefficient (Wildman–Crippen LogP) is 0.925. The molecule has 0 unspecified atom stereocenters. The molecule has 0 aliphatic carbocycles. The number of rotatable bonds is 3. The third-order valence-electron chi connectivity index (χ3n) is 2.14. The van der Waals surface area contributed by atoms with E-state index in [0.717, 1.165) is 19.8 Å². The molecule has 1 aliphatic rings. The first-order valence-corrected chi connectivity index (χ1v) is 4.37. The van der Waals surface area contributed by atoms with E-state index >= 15 is 0 Å². The van der Waals surface area contributed by atoms with Gasteiger partial charge in [0, 0.05) is 24.4 Å². The summed E-state index contributed by atoms with van der Waals surface area (Å²) in [6, 6.07) is 1.80. The van der Waals surface area contributed by atoms with Crippen LogP contribution in [0.15, 0.2) is 18.5 Å². The fraction of sp³-hybridized carbons (Fsp3) is 0.556. The van der Waals surface area contributed by atoms with Crippen molar-refractivity contribution in [3.05, 3.63) is 18.5 Å². The molecular weight excluding hydrogens is 166 g/mol. The van der Waals surface area contributed by atoms with Crippen LogP contribution in [0, 0.1) is 5.41 Å². The van der Waals surface area contributed by atoms with Gasteiger partial charge in [0.1, 0.15) is 0 Å². The van der Waals surface area contributed by atoms with Gasteiger partial charge < -0.3 is 10.1 Å². The highest BCUT2D eigenvalue weighted by Crippen LogP contribution is 2.25. The summed E-state index contributed by atoms with van der Waals surface area (Å²) in [7, 11) is 0. The van der Waals surface area contributed by atoms with Crippen LogP contribution in [0.4, 0.5) is 5.95 Å². The number of nitrogens with one attached hydrogen (secondary N) is 1. The fourth-order valence-electron chi connectivity index (χ4n) is 1.24. The average Bonchev–Trinajstić information content (AvgIpc) is 2.13. The quantitative estimate of drug-likeness (QED) is 0.749. The summed E-state index contributed by atoms with van der Waals surface area (Å²) in [5, 5.41) is 3.18. The number of hydrogen-bond acceptors (Lipinski definition) is 4. The van der Waals surface area contributed by atoms with Crippen LogP contribution < -0.4 is 5.32 Å². The Hall–Kier alpha value is -1.16. The Morgan fingerprint density at radius 1 is 1.46 bits per heavy atom. The van der Waals surface area contributed by atoms with Crippen molar-refractivity contribution in [2.24, 2.45) is 5.41 Å². The first-order chi connectivity index (χ1) is 6.29. The largest absolute Gasteiger partial charge is 0.380 e. The monoisotopic (exact) mass is 179 g/mol. The van der Waals surface area contributed by atoms with Crippen molar-refractivity contribution in [1.82, 2.24) is 9.97 Å². The molecule has 2 heterocycles. The number of nitrogens with zero attached hydrogens (tertiary/aromatic N) is 2. The van der Waals surface area contributed by atoms with Gasteiger partial charge in [0.2, 0.25) is 5.95 Å². The Morgan fingerprint density at radius 2 is 2.15 bits per heavy atom. The van der Waals surface area contributed by atoms with E-state index in [4.69, 9.17) is 4.74 Å². The molecule has 0 saturated carbocycles. The average molecular weight is 179 g/mol. The summed E-state index contributed by atoms with van der Waals surface area (Å²) in [6.07, 6.45) is 3.46. The Balaban J connectivity index is 1.86. The maximum absolute atomic E-state index is 5.15. The molecule has 1 aromatic heterocycles. The number of ether oxygens (including phenoxy) is 1. The Bertz CT molecular complexity index is 271. The zero-order chi connectivity index (χ0) is 9.15. The minimum absolute atomic E-state index is 0.263. The topological polar surface area (TPSA) is 47.0 Å². The molecule has 1 fully saturated rings. The molecular formula is C9H13N3O. The van der Waals surface area contributed by atoms with Gasteiger partial charge in [-0.1, -0.05) is 6.92 Å². The maximum atomic E-state index is 5.15. The van der Waals surface area contributed by atoms with Gasteiger partial charge in [-0.05, 0) is 6.07 Å². The van der Waals surface area contributed by atoms with Crippen molar-refractivity contribution in [3.8, 4) is 0 Å². The molecule has 0 bridgehead atoms. The Kier molecular flexibility index (Phi) is 2.14. The molecule has 2 rings (SSSR count). The summed E-state index contributed by atoms with van der Waals surface area (Å²) < 4.78 is 5.15. The summed E-state index contributed by atoms with van der Waals surface area (Å²) in [6.45, 7) is 4.71. The molecule has 1 N–H and O–H groups in total. The standard InChI is InChI=1S/C9H13N3O/c1-9(6-13-7-9)5-12-8-10-3-2-4-11-8/h2-4H,5-7H2,1H3,(H,10,11,12). The summed E-state index contributed by atoms with van der Waals surface area (Å²) in [4.78, 5) is 8.15. The molecule has 0 amide bonds. The van der Waals surface area contributed by atoms with Gasteiger partial charge >= 0.3 is 0 Å². The van der Waals surface area contributed by atoms with Crippen LogP contribution in [0.3, 0.4) is 0 Å². The van der Waals surface area contributed by atoms with Gasteiger partial charge in [0.15, 0.2) is 0 Å². The molecule has 0 radical (unpaired) electrons. The van der Waals surface area contributed by atoms with E-state index in [1.807, 2.05) is 0 Å². The predicted molar refractivity (Wildman–Crippen MR) is 49.4 cm³/mol. The number of hydrogen-bond donors (Lipinski definition) is 1. The Morgan fingerprint density at radius 3 is 2.69 bits per heavy atom.